The fraction of sp³-hybridized carbons (Fsp3) is 0.350. The van der Waals surface area contributed by atoms with Crippen LogP contribution in [0.2, 0.25) is 5.04 Å². The maximum Gasteiger partial charge on any atom is 0.331 e. The number of rotatable bonds is 6. The average Bonchev–Trinajstić information content (AvgIpc) is 2.56. The van der Waals surface area contributed by atoms with Gasteiger partial charge in [-0.3, -0.25) is 0 Å². The molecule has 0 amide bonds. The standard InChI is InChI=1S/C20H26O3Si/c1-5-18(19(21)22)23-24(20(2,3)4,16-12-8-6-9-13-16)17-14-10-7-11-15-17/h6-15,18H,5H2,1-4H3,(H,21,22)/t18-/m0/s1. The molecule has 0 fully saturated rings. The van der Waals surface area contributed by atoms with Gasteiger partial charge in [-0.25, -0.2) is 4.79 Å². The summed E-state index contributed by atoms with van der Waals surface area (Å²) in [6.45, 7) is 8.30. The van der Waals surface area contributed by atoms with E-state index in [4.69, 9.17) is 4.43 Å². The molecule has 0 aliphatic heterocycles. The normalized spacial score (nSPS) is 13.5. The second-order valence-electron chi connectivity index (χ2n) is 7.02. The Kier molecular flexibility index (Phi) is 5.62. The van der Waals surface area contributed by atoms with E-state index in [1.54, 1.807) is 0 Å². The Bertz CT molecular complexity index is 623. The average molecular weight is 343 g/mol. The van der Waals surface area contributed by atoms with Gasteiger partial charge in [0.2, 0.25) is 0 Å². The first-order valence-electron chi connectivity index (χ1n) is 8.34. The van der Waals surface area contributed by atoms with Crippen LogP contribution < -0.4 is 10.4 Å². The minimum absolute atomic E-state index is 0.210. The summed E-state index contributed by atoms with van der Waals surface area (Å²) in [5.41, 5.74) is 0. The number of aliphatic carboxylic acids is 1. The van der Waals surface area contributed by atoms with E-state index in [0.717, 1.165) is 10.4 Å². The van der Waals surface area contributed by atoms with E-state index < -0.39 is 20.4 Å². The quantitative estimate of drug-likeness (QED) is 0.818. The molecule has 0 bridgehead atoms. The van der Waals surface area contributed by atoms with E-state index in [1.807, 2.05) is 43.3 Å². The molecule has 2 rings (SSSR count). The highest BCUT2D eigenvalue weighted by Crippen LogP contribution is 2.37. The molecular formula is C20H26O3Si. The first-order valence-corrected chi connectivity index (χ1v) is 10.3. The molecule has 0 aliphatic carbocycles. The molecule has 0 unspecified atom stereocenters. The van der Waals surface area contributed by atoms with Crippen LogP contribution in [0.4, 0.5) is 0 Å². The van der Waals surface area contributed by atoms with Crippen molar-refractivity contribution in [2.75, 3.05) is 0 Å². The minimum atomic E-state index is -2.78. The minimum Gasteiger partial charge on any atom is -0.479 e. The Morgan fingerprint density at radius 2 is 1.42 bits per heavy atom. The number of benzene rings is 2. The van der Waals surface area contributed by atoms with E-state index in [-0.39, 0.29) is 5.04 Å². The molecule has 0 saturated carbocycles. The monoisotopic (exact) mass is 342 g/mol. The molecule has 1 atom stereocenters. The molecule has 0 radical (unpaired) electrons. The lowest BCUT2D eigenvalue weighted by atomic mass is 10.2. The summed E-state index contributed by atoms with van der Waals surface area (Å²) in [4.78, 5) is 11.7. The predicted molar refractivity (Wildman–Crippen MR) is 100 cm³/mol. The van der Waals surface area contributed by atoms with Crippen LogP contribution >= 0.6 is 0 Å². The van der Waals surface area contributed by atoms with Crippen LogP contribution in [0, 0.1) is 0 Å². The molecule has 128 valence electrons. The Hall–Kier alpha value is -1.91. The van der Waals surface area contributed by atoms with Crippen LogP contribution in [0.3, 0.4) is 0 Å². The van der Waals surface area contributed by atoms with Crippen molar-refractivity contribution in [3.63, 3.8) is 0 Å². The highest BCUT2D eigenvalue weighted by molar-refractivity contribution is 6.99. The van der Waals surface area contributed by atoms with E-state index >= 15 is 0 Å². The van der Waals surface area contributed by atoms with E-state index in [1.165, 1.54) is 0 Å². The maximum atomic E-state index is 11.7. The first-order chi connectivity index (χ1) is 11.3. The molecule has 0 aromatic heterocycles. The summed E-state index contributed by atoms with van der Waals surface area (Å²) in [5, 5.41) is 11.6. The molecule has 3 nitrogen and oxygen atoms in total. The van der Waals surface area contributed by atoms with Crippen LogP contribution in [0.25, 0.3) is 0 Å². The smallest absolute Gasteiger partial charge is 0.331 e. The lowest BCUT2D eigenvalue weighted by molar-refractivity contribution is -0.145. The number of carboxylic acids is 1. The molecule has 0 aliphatic rings. The number of hydrogen-bond acceptors (Lipinski definition) is 2. The zero-order valence-corrected chi connectivity index (χ0v) is 15.8. The first kappa shape index (κ1) is 18.4. The Morgan fingerprint density at radius 1 is 1.00 bits per heavy atom. The Morgan fingerprint density at radius 3 is 1.71 bits per heavy atom. The summed E-state index contributed by atoms with van der Waals surface area (Å²) in [6, 6.07) is 20.2. The molecule has 2 aromatic carbocycles. The summed E-state index contributed by atoms with van der Waals surface area (Å²) in [6.07, 6.45) is -0.365. The van der Waals surface area contributed by atoms with Crippen LogP contribution in [-0.4, -0.2) is 25.5 Å². The second-order valence-corrected chi connectivity index (χ2v) is 11.3. The molecule has 2 aromatic rings. The van der Waals surface area contributed by atoms with Crippen LogP contribution in [0.15, 0.2) is 60.7 Å². The van der Waals surface area contributed by atoms with E-state index in [0.29, 0.717) is 6.42 Å². The molecule has 24 heavy (non-hydrogen) atoms. The van der Waals surface area contributed by atoms with Gasteiger partial charge < -0.3 is 9.53 Å². The summed E-state index contributed by atoms with van der Waals surface area (Å²) in [5.74, 6) is -0.898. The summed E-state index contributed by atoms with van der Waals surface area (Å²) < 4.78 is 6.52. The predicted octanol–water partition coefficient (Wildman–Crippen LogP) is 3.43. The van der Waals surface area contributed by atoms with Crippen molar-refractivity contribution in [1.29, 1.82) is 0 Å². The lowest BCUT2D eigenvalue weighted by Gasteiger charge is -2.44. The second kappa shape index (κ2) is 7.32. The molecular weight excluding hydrogens is 316 g/mol. The Labute approximate surface area is 145 Å². The van der Waals surface area contributed by atoms with E-state index in [2.05, 4.69) is 45.0 Å². The van der Waals surface area contributed by atoms with Crippen LogP contribution in [0.1, 0.15) is 34.1 Å². The van der Waals surface area contributed by atoms with Gasteiger partial charge in [0.25, 0.3) is 8.32 Å². The fourth-order valence-electron chi connectivity index (χ4n) is 3.21. The van der Waals surface area contributed by atoms with Gasteiger partial charge in [0.15, 0.2) is 0 Å². The SMILES string of the molecule is CC[C@H](O[Si](c1ccccc1)(c1ccccc1)C(C)(C)C)C(=O)O. The number of carbonyl (C=O) groups is 1. The van der Waals surface area contributed by atoms with Crippen molar-refractivity contribution >= 4 is 24.7 Å². The van der Waals surface area contributed by atoms with Gasteiger partial charge >= 0.3 is 5.97 Å². The Balaban J connectivity index is 2.73. The summed E-state index contributed by atoms with van der Waals surface area (Å²) >= 11 is 0. The molecule has 0 heterocycles. The third-order valence-electron chi connectivity index (χ3n) is 4.38. The van der Waals surface area contributed by atoms with Crippen molar-refractivity contribution in [3.05, 3.63) is 60.7 Å². The van der Waals surface area contributed by atoms with Gasteiger partial charge in [0.05, 0.1) is 0 Å². The topological polar surface area (TPSA) is 46.5 Å². The third kappa shape index (κ3) is 3.45. The molecule has 1 N–H and O–H groups in total. The highest BCUT2D eigenvalue weighted by atomic mass is 28.4. The van der Waals surface area contributed by atoms with Gasteiger partial charge in [0.1, 0.15) is 6.10 Å². The largest absolute Gasteiger partial charge is 0.479 e. The van der Waals surface area contributed by atoms with Crippen molar-refractivity contribution in [2.45, 2.75) is 45.3 Å². The van der Waals surface area contributed by atoms with Gasteiger partial charge in [-0.05, 0) is 21.8 Å². The van der Waals surface area contributed by atoms with Crippen molar-refractivity contribution in [3.8, 4) is 0 Å². The fourth-order valence-corrected chi connectivity index (χ4v) is 7.92. The summed E-state index contributed by atoms with van der Waals surface area (Å²) in [7, 11) is -2.78. The zero-order valence-electron chi connectivity index (χ0n) is 14.8. The molecule has 0 spiro atoms. The zero-order chi connectivity index (χ0) is 17.8. The number of carboxylic acid groups (broad SMARTS) is 1. The lowest BCUT2D eigenvalue weighted by Crippen LogP contribution is -2.68. The van der Waals surface area contributed by atoms with Gasteiger partial charge in [0, 0.05) is 0 Å². The van der Waals surface area contributed by atoms with Gasteiger partial charge in [-0.2, -0.15) is 0 Å². The third-order valence-corrected chi connectivity index (χ3v) is 9.43. The van der Waals surface area contributed by atoms with Crippen molar-refractivity contribution in [2.24, 2.45) is 0 Å². The van der Waals surface area contributed by atoms with Gasteiger partial charge in [-0.15, -0.1) is 0 Å². The van der Waals surface area contributed by atoms with Crippen molar-refractivity contribution in [1.82, 2.24) is 0 Å². The number of hydrogen-bond donors (Lipinski definition) is 1. The molecule has 4 heteroatoms. The van der Waals surface area contributed by atoms with Gasteiger partial charge in [-0.1, -0.05) is 88.4 Å². The maximum absolute atomic E-state index is 11.7. The van der Waals surface area contributed by atoms with E-state index in [9.17, 15) is 9.90 Å². The van der Waals surface area contributed by atoms with Crippen LogP contribution in [0.5, 0.6) is 0 Å². The van der Waals surface area contributed by atoms with Crippen molar-refractivity contribution < 1.29 is 14.3 Å². The van der Waals surface area contributed by atoms with Crippen LogP contribution in [-0.2, 0) is 9.22 Å². The molecule has 0 saturated heterocycles. The highest BCUT2D eigenvalue weighted by Gasteiger charge is 2.52.